The van der Waals surface area contributed by atoms with Gasteiger partial charge in [0.1, 0.15) is 0 Å². The number of rotatable bonds is 6. The molecule has 0 aliphatic carbocycles. The first-order valence-electron chi connectivity index (χ1n) is 6.24. The molecule has 5 nitrogen and oxygen atoms in total. The van der Waals surface area contributed by atoms with Crippen LogP contribution < -0.4 is 10.5 Å². The van der Waals surface area contributed by atoms with E-state index in [0.717, 1.165) is 5.56 Å². The van der Waals surface area contributed by atoms with E-state index in [1.807, 2.05) is 19.9 Å². The predicted octanol–water partition coefficient (Wildman–Crippen LogP) is 1.48. The second-order valence-corrected chi connectivity index (χ2v) is 7.11. The van der Waals surface area contributed by atoms with E-state index >= 15 is 0 Å². The van der Waals surface area contributed by atoms with Crippen molar-refractivity contribution in [2.24, 2.45) is 11.1 Å². The van der Waals surface area contributed by atoms with Crippen LogP contribution in [0, 0.1) is 5.92 Å². The average Bonchev–Trinajstić information content (AvgIpc) is 2.26. The van der Waals surface area contributed by atoms with Crippen molar-refractivity contribution in [3.05, 3.63) is 34.9 Å². The quantitative estimate of drug-likeness (QED) is 0.832. The number of primary sulfonamides is 1. The van der Waals surface area contributed by atoms with Crippen molar-refractivity contribution in [2.75, 3.05) is 12.3 Å². The van der Waals surface area contributed by atoms with Crippen LogP contribution in [0.3, 0.4) is 0 Å². The van der Waals surface area contributed by atoms with Crippen LogP contribution in [0.25, 0.3) is 0 Å². The molecule has 0 aliphatic heterocycles. The van der Waals surface area contributed by atoms with Gasteiger partial charge in [-0.25, -0.2) is 13.6 Å². The number of benzene rings is 1. The Kier molecular flexibility index (Phi) is 5.98. The summed E-state index contributed by atoms with van der Waals surface area (Å²) in [6.45, 7) is 3.84. The van der Waals surface area contributed by atoms with Crippen LogP contribution in [0.4, 0.5) is 0 Å². The Balaban J connectivity index is 2.79. The fraction of sp³-hybridized carbons (Fsp3) is 0.462. The van der Waals surface area contributed by atoms with Crippen molar-refractivity contribution < 1.29 is 13.2 Å². The van der Waals surface area contributed by atoms with Crippen LogP contribution >= 0.6 is 11.6 Å². The molecule has 0 unspecified atom stereocenters. The Labute approximate surface area is 124 Å². The molecule has 1 amide bonds. The topological polar surface area (TPSA) is 89.3 Å². The minimum absolute atomic E-state index is 0.00144. The molecule has 112 valence electrons. The van der Waals surface area contributed by atoms with Gasteiger partial charge in [-0.3, -0.25) is 4.79 Å². The molecule has 0 spiro atoms. The van der Waals surface area contributed by atoms with Crippen LogP contribution in [-0.2, 0) is 14.8 Å². The lowest BCUT2D eigenvalue weighted by atomic mass is 9.87. The molecule has 20 heavy (non-hydrogen) atoms. The largest absolute Gasteiger partial charge is 0.354 e. The molecule has 7 heteroatoms. The first-order chi connectivity index (χ1) is 9.20. The molecule has 1 atom stereocenters. The minimum Gasteiger partial charge on any atom is -0.354 e. The third-order valence-electron chi connectivity index (χ3n) is 2.84. The normalized spacial score (nSPS) is 13.2. The molecular weight excluding hydrogens is 300 g/mol. The summed E-state index contributed by atoms with van der Waals surface area (Å²) in [6.07, 6.45) is 0. The number of amides is 1. The van der Waals surface area contributed by atoms with Gasteiger partial charge in [0.15, 0.2) is 0 Å². The van der Waals surface area contributed by atoms with E-state index in [1.54, 1.807) is 18.2 Å². The highest BCUT2D eigenvalue weighted by molar-refractivity contribution is 7.89. The minimum atomic E-state index is -3.57. The Morgan fingerprint density at radius 2 is 2.05 bits per heavy atom. The highest BCUT2D eigenvalue weighted by atomic mass is 35.5. The van der Waals surface area contributed by atoms with Crippen LogP contribution in [0.15, 0.2) is 24.3 Å². The first kappa shape index (κ1) is 16.9. The smallest absolute Gasteiger partial charge is 0.227 e. The average molecular weight is 319 g/mol. The van der Waals surface area contributed by atoms with Crippen LogP contribution in [0.2, 0.25) is 5.02 Å². The van der Waals surface area contributed by atoms with Gasteiger partial charge >= 0.3 is 0 Å². The van der Waals surface area contributed by atoms with E-state index in [1.165, 1.54) is 0 Å². The maximum atomic E-state index is 12.2. The maximum Gasteiger partial charge on any atom is 0.227 e. The number of sulfonamides is 1. The fourth-order valence-corrected chi connectivity index (χ4v) is 2.55. The third-order valence-corrected chi connectivity index (χ3v) is 3.85. The molecule has 0 aromatic heterocycles. The van der Waals surface area contributed by atoms with Crippen molar-refractivity contribution in [1.29, 1.82) is 0 Å². The molecule has 1 aromatic carbocycles. The Morgan fingerprint density at radius 3 is 2.55 bits per heavy atom. The number of nitrogens with two attached hydrogens (primary N) is 1. The lowest BCUT2D eigenvalue weighted by Gasteiger charge is -2.20. The summed E-state index contributed by atoms with van der Waals surface area (Å²) in [5, 5.41) is 8.05. The second-order valence-electron chi connectivity index (χ2n) is 4.93. The zero-order chi connectivity index (χ0) is 15.3. The van der Waals surface area contributed by atoms with Gasteiger partial charge in [-0.05, 0) is 23.6 Å². The van der Waals surface area contributed by atoms with Crippen LogP contribution in [0.1, 0.15) is 25.3 Å². The molecule has 0 saturated heterocycles. The third kappa shape index (κ3) is 5.48. The predicted molar refractivity (Wildman–Crippen MR) is 80.0 cm³/mol. The van der Waals surface area contributed by atoms with Gasteiger partial charge in [0.2, 0.25) is 15.9 Å². The molecule has 0 radical (unpaired) electrons. The molecule has 1 rings (SSSR count). The molecule has 0 saturated carbocycles. The first-order valence-corrected chi connectivity index (χ1v) is 8.33. The molecule has 0 bridgehead atoms. The van der Waals surface area contributed by atoms with Crippen LogP contribution in [0.5, 0.6) is 0 Å². The van der Waals surface area contributed by atoms with E-state index in [4.69, 9.17) is 16.7 Å². The molecule has 3 N–H and O–H groups in total. The van der Waals surface area contributed by atoms with Gasteiger partial charge in [0.25, 0.3) is 0 Å². The number of halogens is 1. The highest BCUT2D eigenvalue weighted by Crippen LogP contribution is 2.26. The number of carbonyl (C=O) groups excluding carboxylic acids is 1. The number of nitrogens with one attached hydrogen (secondary N) is 1. The van der Waals surface area contributed by atoms with E-state index < -0.39 is 10.0 Å². The van der Waals surface area contributed by atoms with Gasteiger partial charge in [-0.15, -0.1) is 0 Å². The number of hydrogen-bond acceptors (Lipinski definition) is 3. The van der Waals surface area contributed by atoms with Crippen molar-refractivity contribution in [3.63, 3.8) is 0 Å². The van der Waals surface area contributed by atoms with Gasteiger partial charge < -0.3 is 5.32 Å². The van der Waals surface area contributed by atoms with Gasteiger partial charge in [0, 0.05) is 11.6 Å². The summed E-state index contributed by atoms with van der Waals surface area (Å²) in [6, 6.07) is 7.09. The molecule has 0 fully saturated rings. The summed E-state index contributed by atoms with van der Waals surface area (Å²) in [4.78, 5) is 12.2. The fourth-order valence-electron chi connectivity index (χ4n) is 1.97. The lowest BCUT2D eigenvalue weighted by molar-refractivity contribution is -0.123. The molecular formula is C13H19ClN2O3S. The molecule has 1 aromatic rings. The van der Waals surface area contributed by atoms with Gasteiger partial charge in [-0.1, -0.05) is 37.6 Å². The Morgan fingerprint density at radius 1 is 1.40 bits per heavy atom. The summed E-state index contributed by atoms with van der Waals surface area (Å²) in [5.41, 5.74) is 0.806. The second kappa shape index (κ2) is 7.06. The van der Waals surface area contributed by atoms with E-state index in [0.29, 0.717) is 5.02 Å². The van der Waals surface area contributed by atoms with E-state index in [-0.39, 0.29) is 30.0 Å². The highest BCUT2D eigenvalue weighted by Gasteiger charge is 2.24. The number of carbonyl (C=O) groups is 1. The molecule has 0 heterocycles. The maximum absolute atomic E-state index is 12.2. The molecule has 0 aliphatic rings. The van der Waals surface area contributed by atoms with Crippen LogP contribution in [-0.4, -0.2) is 26.6 Å². The summed E-state index contributed by atoms with van der Waals surface area (Å²) in [7, 11) is -3.57. The van der Waals surface area contributed by atoms with Crippen molar-refractivity contribution >= 4 is 27.5 Å². The zero-order valence-electron chi connectivity index (χ0n) is 11.5. The van der Waals surface area contributed by atoms with Crippen molar-refractivity contribution in [2.45, 2.75) is 19.8 Å². The Bertz CT molecular complexity index is 573. The number of hydrogen-bond donors (Lipinski definition) is 2. The summed E-state index contributed by atoms with van der Waals surface area (Å²) < 4.78 is 21.7. The summed E-state index contributed by atoms with van der Waals surface area (Å²) >= 11 is 5.93. The Hall–Kier alpha value is -1.11. The zero-order valence-corrected chi connectivity index (χ0v) is 13.0. The van der Waals surface area contributed by atoms with Crippen molar-refractivity contribution in [1.82, 2.24) is 5.32 Å². The van der Waals surface area contributed by atoms with E-state index in [9.17, 15) is 13.2 Å². The van der Waals surface area contributed by atoms with E-state index in [2.05, 4.69) is 5.32 Å². The lowest BCUT2D eigenvalue weighted by Crippen LogP contribution is -2.36. The standard InChI is InChI=1S/C13H19ClN2O3S/c1-9(2)12(10-4-3-5-11(14)8-10)13(17)16-6-7-20(15,18)19/h3-5,8-9,12H,6-7H2,1-2H3,(H,16,17)(H2,15,18,19)/t12-/m1/s1. The van der Waals surface area contributed by atoms with Gasteiger partial charge in [0.05, 0.1) is 11.7 Å². The summed E-state index contributed by atoms with van der Waals surface area (Å²) in [5.74, 6) is -0.831. The van der Waals surface area contributed by atoms with Crippen molar-refractivity contribution in [3.8, 4) is 0 Å². The monoisotopic (exact) mass is 318 g/mol. The van der Waals surface area contributed by atoms with Gasteiger partial charge in [-0.2, -0.15) is 0 Å². The SMILES string of the molecule is CC(C)[C@@H](C(=O)NCCS(N)(=O)=O)c1cccc(Cl)c1.